The Morgan fingerprint density at radius 2 is 1.78 bits per heavy atom. The summed E-state index contributed by atoms with van der Waals surface area (Å²) in [6.07, 6.45) is 1.12. The fourth-order valence-electron chi connectivity index (χ4n) is 2.53. The van der Waals surface area contributed by atoms with Crippen LogP contribution in [0.15, 0.2) is 11.0 Å². The first kappa shape index (κ1) is 20.1. The van der Waals surface area contributed by atoms with Gasteiger partial charge in [-0.15, -0.1) is 12.4 Å². The van der Waals surface area contributed by atoms with Gasteiger partial charge in [-0.25, -0.2) is 26.0 Å². The lowest BCUT2D eigenvalue weighted by atomic mass is 10.1. The van der Waals surface area contributed by atoms with E-state index in [0.29, 0.717) is 25.9 Å². The smallest absolute Gasteiger partial charge is 0.249 e. The quantitative estimate of drug-likeness (QED) is 0.648. The minimum Gasteiger partial charge on any atom is -0.314 e. The van der Waals surface area contributed by atoms with Crippen LogP contribution in [-0.2, 0) is 10.0 Å². The molecule has 1 aliphatic rings. The molecule has 1 aromatic rings. The minimum absolute atomic E-state index is 0. The molecule has 0 saturated carbocycles. The first-order chi connectivity index (χ1) is 10.3. The van der Waals surface area contributed by atoms with Crippen LogP contribution in [0.1, 0.15) is 19.8 Å². The summed E-state index contributed by atoms with van der Waals surface area (Å²) < 4.78 is 80.1. The van der Waals surface area contributed by atoms with E-state index in [2.05, 4.69) is 5.32 Å². The maximum atomic E-state index is 13.8. The van der Waals surface area contributed by atoms with E-state index >= 15 is 0 Å². The second-order valence-electron chi connectivity index (χ2n) is 5.06. The van der Waals surface area contributed by atoms with Crippen molar-refractivity contribution in [1.82, 2.24) is 9.62 Å². The molecule has 10 heteroatoms. The first-order valence-corrected chi connectivity index (χ1v) is 8.30. The van der Waals surface area contributed by atoms with Crippen molar-refractivity contribution in [3.63, 3.8) is 0 Å². The van der Waals surface area contributed by atoms with Crippen LogP contribution in [-0.4, -0.2) is 38.4 Å². The second-order valence-corrected chi connectivity index (χ2v) is 6.89. The predicted molar refractivity (Wildman–Crippen MR) is 79.0 cm³/mol. The van der Waals surface area contributed by atoms with Crippen LogP contribution in [0.2, 0.25) is 0 Å². The number of sulfonamides is 1. The number of rotatable bonds is 4. The number of hydrogen-bond acceptors (Lipinski definition) is 3. The molecule has 23 heavy (non-hydrogen) atoms. The molecule has 1 N–H and O–H groups in total. The van der Waals surface area contributed by atoms with Crippen molar-refractivity contribution in [1.29, 1.82) is 0 Å². The van der Waals surface area contributed by atoms with E-state index in [9.17, 15) is 26.0 Å². The number of piperazine rings is 1. The molecule has 132 valence electrons. The number of nitrogens with zero attached hydrogens (tertiary/aromatic N) is 1. The van der Waals surface area contributed by atoms with Crippen molar-refractivity contribution in [2.75, 3.05) is 19.6 Å². The molecule has 1 unspecified atom stereocenters. The number of halogens is 5. The Hall–Kier alpha value is -0.900. The molecule has 1 fully saturated rings. The normalized spacial score (nSPS) is 19.4. The van der Waals surface area contributed by atoms with Gasteiger partial charge in [0.05, 0.1) is 0 Å². The van der Waals surface area contributed by atoms with Crippen molar-refractivity contribution in [2.24, 2.45) is 0 Å². The lowest BCUT2D eigenvalue weighted by molar-refractivity contribution is 0.252. The van der Waals surface area contributed by atoms with E-state index in [1.54, 1.807) is 0 Å². The molecule has 4 nitrogen and oxygen atoms in total. The van der Waals surface area contributed by atoms with Gasteiger partial charge in [0.15, 0.2) is 28.2 Å². The summed E-state index contributed by atoms with van der Waals surface area (Å²) in [6.45, 7) is 2.42. The fourth-order valence-corrected chi connectivity index (χ4v) is 4.32. The molecule has 0 bridgehead atoms. The highest BCUT2D eigenvalue weighted by Gasteiger charge is 2.38. The molecule has 1 heterocycles. The van der Waals surface area contributed by atoms with Gasteiger partial charge in [-0.1, -0.05) is 13.3 Å². The molecule has 1 aromatic carbocycles. The van der Waals surface area contributed by atoms with Crippen molar-refractivity contribution in [3.8, 4) is 0 Å². The molecule has 0 aliphatic carbocycles. The summed E-state index contributed by atoms with van der Waals surface area (Å²) in [5, 5.41) is 2.98. The summed E-state index contributed by atoms with van der Waals surface area (Å²) in [7, 11) is -4.68. The maximum Gasteiger partial charge on any atom is 0.249 e. The summed E-state index contributed by atoms with van der Waals surface area (Å²) in [6, 6.07) is -0.529. The molecule has 1 atom stereocenters. The van der Waals surface area contributed by atoms with Crippen molar-refractivity contribution < 1.29 is 26.0 Å². The molecule has 0 amide bonds. The Kier molecular flexibility index (Phi) is 6.81. The Labute approximate surface area is 138 Å². The molecule has 1 saturated heterocycles. The zero-order chi connectivity index (χ0) is 16.5. The Morgan fingerprint density at radius 3 is 2.30 bits per heavy atom. The lowest BCUT2D eigenvalue weighted by Gasteiger charge is -2.35. The van der Waals surface area contributed by atoms with Gasteiger partial charge in [0.25, 0.3) is 0 Å². The van der Waals surface area contributed by atoms with Crippen LogP contribution in [0.4, 0.5) is 17.6 Å². The van der Waals surface area contributed by atoms with E-state index in [4.69, 9.17) is 0 Å². The highest BCUT2D eigenvalue weighted by atomic mass is 35.5. The summed E-state index contributed by atoms with van der Waals surface area (Å²) in [4.78, 5) is -1.56. The maximum absolute atomic E-state index is 13.8. The van der Waals surface area contributed by atoms with Crippen molar-refractivity contribution in [3.05, 3.63) is 29.3 Å². The van der Waals surface area contributed by atoms with Crippen LogP contribution in [0.3, 0.4) is 0 Å². The second kappa shape index (κ2) is 7.78. The lowest BCUT2D eigenvalue weighted by Crippen LogP contribution is -2.53. The third-order valence-electron chi connectivity index (χ3n) is 3.56. The standard InChI is InChI=1S/C13H16F4N2O2S.ClH/c1-2-3-8-7-18-4-5-19(8)22(20,21)13-11(16)9(14)6-10(15)12(13)17;/h6,8,18H,2-5,7H2,1H3;1H. The largest absolute Gasteiger partial charge is 0.314 e. The molecule has 0 radical (unpaired) electrons. The number of benzene rings is 1. The van der Waals surface area contributed by atoms with Gasteiger partial charge >= 0.3 is 0 Å². The van der Waals surface area contributed by atoms with E-state index in [0.717, 1.165) is 4.31 Å². The van der Waals surface area contributed by atoms with Crippen LogP contribution in [0.5, 0.6) is 0 Å². The zero-order valence-corrected chi connectivity index (χ0v) is 13.9. The first-order valence-electron chi connectivity index (χ1n) is 6.86. The van der Waals surface area contributed by atoms with Crippen LogP contribution in [0, 0.1) is 23.3 Å². The fraction of sp³-hybridized carbons (Fsp3) is 0.538. The SMILES string of the molecule is CCCC1CNCCN1S(=O)(=O)c1c(F)c(F)cc(F)c1F.Cl. The van der Waals surface area contributed by atoms with Crippen molar-refractivity contribution >= 4 is 22.4 Å². The molecular formula is C13H17ClF4N2O2S. The van der Waals surface area contributed by atoms with Gasteiger partial charge < -0.3 is 5.32 Å². The van der Waals surface area contributed by atoms with E-state index in [1.807, 2.05) is 6.92 Å². The van der Waals surface area contributed by atoms with Gasteiger partial charge in [-0.05, 0) is 6.42 Å². The van der Waals surface area contributed by atoms with Gasteiger partial charge in [0.1, 0.15) is 0 Å². The summed E-state index contributed by atoms with van der Waals surface area (Å²) in [5.41, 5.74) is 0. The molecule has 2 rings (SSSR count). The van der Waals surface area contributed by atoms with Crippen molar-refractivity contribution in [2.45, 2.75) is 30.7 Å². The average molecular weight is 377 g/mol. The predicted octanol–water partition coefficient (Wildman–Crippen LogP) is 2.43. The molecule has 1 aliphatic heterocycles. The Morgan fingerprint density at radius 1 is 1.22 bits per heavy atom. The molecule has 0 spiro atoms. The number of nitrogens with one attached hydrogen (secondary N) is 1. The third kappa shape index (κ3) is 3.78. The summed E-state index contributed by atoms with van der Waals surface area (Å²) >= 11 is 0. The third-order valence-corrected chi connectivity index (χ3v) is 5.53. The van der Waals surface area contributed by atoms with Gasteiger partial charge in [0.2, 0.25) is 10.0 Å². The van der Waals surface area contributed by atoms with Crippen LogP contribution >= 0.6 is 12.4 Å². The average Bonchev–Trinajstić information content (AvgIpc) is 2.46. The highest BCUT2D eigenvalue weighted by Crippen LogP contribution is 2.29. The Balaban J connectivity index is 0.00000264. The van der Waals surface area contributed by atoms with Gasteiger partial charge in [-0.2, -0.15) is 4.31 Å². The number of hydrogen-bond donors (Lipinski definition) is 1. The van der Waals surface area contributed by atoms with Gasteiger partial charge in [-0.3, -0.25) is 0 Å². The molecule has 0 aromatic heterocycles. The zero-order valence-electron chi connectivity index (χ0n) is 12.3. The molecular weight excluding hydrogens is 360 g/mol. The summed E-state index contributed by atoms with van der Waals surface area (Å²) in [5.74, 6) is -7.26. The monoisotopic (exact) mass is 376 g/mol. The van der Waals surface area contributed by atoms with Gasteiger partial charge in [0, 0.05) is 31.7 Å². The van der Waals surface area contributed by atoms with E-state index < -0.39 is 44.2 Å². The Bertz CT molecular complexity index is 644. The van der Waals surface area contributed by atoms with Crippen LogP contribution in [0.25, 0.3) is 0 Å². The topological polar surface area (TPSA) is 49.4 Å². The highest BCUT2D eigenvalue weighted by molar-refractivity contribution is 7.89. The van der Waals surface area contributed by atoms with E-state index in [1.165, 1.54) is 0 Å². The van der Waals surface area contributed by atoms with Crippen LogP contribution < -0.4 is 5.32 Å². The minimum atomic E-state index is -4.68. The van der Waals surface area contributed by atoms with E-state index in [-0.39, 0.29) is 25.0 Å².